The Bertz CT molecular complexity index is 869. The van der Waals surface area contributed by atoms with Crippen LogP contribution >= 0.6 is 0 Å². The van der Waals surface area contributed by atoms with Gasteiger partial charge in [0.2, 0.25) is 5.91 Å². The van der Waals surface area contributed by atoms with Gasteiger partial charge in [-0.2, -0.15) is 0 Å². The predicted octanol–water partition coefficient (Wildman–Crippen LogP) is 3.51. The molecule has 3 rings (SSSR count). The van der Waals surface area contributed by atoms with E-state index in [1.165, 1.54) is 17.0 Å². The molecule has 8 heteroatoms. The van der Waals surface area contributed by atoms with Crippen LogP contribution in [0, 0.1) is 17.0 Å². The summed E-state index contributed by atoms with van der Waals surface area (Å²) in [5, 5.41) is 13.6. The zero-order valence-corrected chi connectivity index (χ0v) is 14.8. The number of non-ortho nitro benzene ring substituents is 1. The second kappa shape index (κ2) is 7.86. The molecule has 0 spiro atoms. The van der Waals surface area contributed by atoms with E-state index in [4.69, 9.17) is 4.74 Å². The first kappa shape index (κ1) is 18.4. The molecule has 0 unspecified atom stereocenters. The van der Waals surface area contributed by atoms with Crippen LogP contribution in [0.4, 0.5) is 16.2 Å². The first-order valence-electron chi connectivity index (χ1n) is 8.55. The topological polar surface area (TPSA) is 102 Å². The Kier molecular flexibility index (Phi) is 5.35. The number of benzene rings is 2. The smallest absolute Gasteiger partial charge is 0.410 e. The van der Waals surface area contributed by atoms with Crippen molar-refractivity contribution in [3.63, 3.8) is 0 Å². The van der Waals surface area contributed by atoms with Crippen molar-refractivity contribution in [1.29, 1.82) is 0 Å². The third-order valence-corrected chi connectivity index (χ3v) is 4.43. The molecule has 8 nitrogen and oxygen atoms in total. The molecule has 0 aliphatic carbocycles. The number of amides is 2. The minimum Gasteiger partial charge on any atom is -0.410 e. The number of rotatable bonds is 4. The molecule has 1 aliphatic rings. The summed E-state index contributed by atoms with van der Waals surface area (Å²) in [6.07, 6.45) is 0.592. The molecule has 0 aromatic heterocycles. The molecule has 1 fully saturated rings. The van der Waals surface area contributed by atoms with Crippen LogP contribution in [-0.2, 0) is 4.79 Å². The Morgan fingerprint density at radius 3 is 2.67 bits per heavy atom. The highest BCUT2D eigenvalue weighted by Crippen LogP contribution is 2.25. The van der Waals surface area contributed by atoms with Gasteiger partial charge in [-0.15, -0.1) is 0 Å². The van der Waals surface area contributed by atoms with Crippen molar-refractivity contribution in [2.24, 2.45) is 0 Å². The van der Waals surface area contributed by atoms with Gasteiger partial charge in [-0.1, -0.05) is 24.3 Å². The Morgan fingerprint density at radius 1 is 1.22 bits per heavy atom. The SMILES string of the molecule is Cc1ccc([N+](=O)[O-])cc1NC(=O)[C@@H]1CCCN1C(=O)Oc1ccccc1. The van der Waals surface area contributed by atoms with E-state index in [1.807, 2.05) is 6.07 Å². The lowest BCUT2D eigenvalue weighted by Crippen LogP contribution is -2.44. The number of hydrogen-bond acceptors (Lipinski definition) is 5. The molecule has 2 aromatic rings. The number of hydrogen-bond donors (Lipinski definition) is 1. The minimum atomic E-state index is -0.681. The van der Waals surface area contributed by atoms with Crippen LogP contribution in [0.5, 0.6) is 5.75 Å². The number of nitro benzene ring substituents is 1. The van der Waals surface area contributed by atoms with E-state index in [-0.39, 0.29) is 11.6 Å². The Hall–Kier alpha value is -3.42. The quantitative estimate of drug-likeness (QED) is 0.656. The van der Waals surface area contributed by atoms with Crippen LogP contribution in [0.3, 0.4) is 0 Å². The third-order valence-electron chi connectivity index (χ3n) is 4.43. The Morgan fingerprint density at radius 2 is 1.96 bits per heavy atom. The minimum absolute atomic E-state index is 0.109. The van der Waals surface area contributed by atoms with Crippen molar-refractivity contribution in [3.05, 3.63) is 64.2 Å². The van der Waals surface area contributed by atoms with Gasteiger partial charge >= 0.3 is 6.09 Å². The van der Waals surface area contributed by atoms with Crippen molar-refractivity contribution in [2.45, 2.75) is 25.8 Å². The van der Waals surface area contributed by atoms with Gasteiger partial charge in [0, 0.05) is 18.7 Å². The second-order valence-electron chi connectivity index (χ2n) is 6.28. The fourth-order valence-electron chi connectivity index (χ4n) is 2.98. The van der Waals surface area contributed by atoms with E-state index in [0.717, 1.165) is 0 Å². The van der Waals surface area contributed by atoms with Crippen LogP contribution in [0.2, 0.25) is 0 Å². The maximum Gasteiger partial charge on any atom is 0.415 e. The molecule has 1 aliphatic heterocycles. The summed E-state index contributed by atoms with van der Waals surface area (Å²) >= 11 is 0. The summed E-state index contributed by atoms with van der Waals surface area (Å²) in [6.45, 7) is 2.16. The maximum atomic E-state index is 12.7. The van der Waals surface area contributed by atoms with Gasteiger partial charge in [-0.05, 0) is 37.5 Å². The van der Waals surface area contributed by atoms with Gasteiger partial charge in [0.15, 0.2) is 0 Å². The number of carbonyl (C=O) groups excluding carboxylic acids is 2. The molecule has 140 valence electrons. The highest BCUT2D eigenvalue weighted by Gasteiger charge is 2.35. The summed E-state index contributed by atoms with van der Waals surface area (Å²) in [7, 11) is 0. The number of likely N-dealkylation sites (tertiary alicyclic amines) is 1. The van der Waals surface area contributed by atoms with Gasteiger partial charge in [0.1, 0.15) is 11.8 Å². The van der Waals surface area contributed by atoms with Crippen LogP contribution in [0.25, 0.3) is 0 Å². The lowest BCUT2D eigenvalue weighted by atomic mass is 10.1. The van der Waals surface area contributed by atoms with E-state index in [9.17, 15) is 19.7 Å². The first-order chi connectivity index (χ1) is 13.0. The van der Waals surface area contributed by atoms with Gasteiger partial charge in [0.05, 0.1) is 10.6 Å². The van der Waals surface area contributed by atoms with E-state index >= 15 is 0 Å². The van der Waals surface area contributed by atoms with Crippen molar-refractivity contribution in [1.82, 2.24) is 4.90 Å². The molecule has 27 heavy (non-hydrogen) atoms. The van der Waals surface area contributed by atoms with Crippen molar-refractivity contribution in [3.8, 4) is 5.75 Å². The molecular weight excluding hydrogens is 350 g/mol. The molecule has 1 saturated heterocycles. The third kappa shape index (κ3) is 4.22. The largest absolute Gasteiger partial charge is 0.415 e. The number of nitro groups is 1. The number of nitrogens with zero attached hydrogens (tertiary/aromatic N) is 2. The number of para-hydroxylation sites is 1. The Balaban J connectivity index is 1.71. The maximum absolute atomic E-state index is 12.7. The van der Waals surface area contributed by atoms with E-state index in [0.29, 0.717) is 36.4 Å². The molecule has 1 atom stereocenters. The van der Waals surface area contributed by atoms with Gasteiger partial charge in [0.25, 0.3) is 5.69 Å². The van der Waals surface area contributed by atoms with Crippen LogP contribution in [0.15, 0.2) is 48.5 Å². The highest BCUT2D eigenvalue weighted by atomic mass is 16.6. The number of anilines is 1. The van der Waals surface area contributed by atoms with Gasteiger partial charge in [-0.3, -0.25) is 19.8 Å². The molecule has 0 saturated carbocycles. The summed E-state index contributed by atoms with van der Waals surface area (Å²) in [4.78, 5) is 36.9. The van der Waals surface area contributed by atoms with Crippen LogP contribution < -0.4 is 10.1 Å². The molecule has 2 amide bonds. The normalized spacial score (nSPS) is 16.0. The molecule has 2 aromatic carbocycles. The molecule has 0 radical (unpaired) electrons. The number of ether oxygens (including phenoxy) is 1. The van der Waals surface area contributed by atoms with Crippen LogP contribution in [-0.4, -0.2) is 34.4 Å². The molecule has 0 bridgehead atoms. The summed E-state index contributed by atoms with van der Waals surface area (Å²) in [5.41, 5.74) is 0.950. The lowest BCUT2D eigenvalue weighted by Gasteiger charge is -2.23. The molecule has 1 heterocycles. The van der Waals surface area contributed by atoms with Crippen LogP contribution in [0.1, 0.15) is 18.4 Å². The van der Waals surface area contributed by atoms with E-state index in [2.05, 4.69) is 5.32 Å². The standard InChI is InChI=1S/C19H19N3O5/c1-13-9-10-14(22(25)26)12-16(13)20-18(23)17-8-5-11-21(17)19(24)27-15-6-3-2-4-7-15/h2-4,6-7,9-10,12,17H,5,8,11H2,1H3,(H,20,23)/t17-/m0/s1. The fraction of sp³-hybridized carbons (Fsp3) is 0.263. The average Bonchev–Trinajstić information content (AvgIpc) is 3.14. The number of aryl methyl sites for hydroxylation is 1. The van der Waals surface area contributed by atoms with E-state index < -0.39 is 17.1 Å². The molecular formula is C19H19N3O5. The fourth-order valence-corrected chi connectivity index (χ4v) is 2.98. The summed E-state index contributed by atoms with van der Waals surface area (Å²) < 4.78 is 5.32. The molecule has 1 N–H and O–H groups in total. The van der Waals surface area contributed by atoms with Crippen molar-refractivity contribution in [2.75, 3.05) is 11.9 Å². The lowest BCUT2D eigenvalue weighted by molar-refractivity contribution is -0.384. The first-order valence-corrected chi connectivity index (χ1v) is 8.55. The van der Waals surface area contributed by atoms with Crippen molar-refractivity contribution >= 4 is 23.4 Å². The van der Waals surface area contributed by atoms with Crippen molar-refractivity contribution < 1.29 is 19.2 Å². The van der Waals surface area contributed by atoms with Gasteiger partial charge in [-0.25, -0.2) is 4.79 Å². The summed E-state index contributed by atoms with van der Waals surface area (Å²) in [6, 6.07) is 12.2. The van der Waals surface area contributed by atoms with Gasteiger partial charge < -0.3 is 10.1 Å². The average molecular weight is 369 g/mol. The highest BCUT2D eigenvalue weighted by molar-refractivity contribution is 5.97. The number of nitrogens with one attached hydrogen (secondary N) is 1. The predicted molar refractivity (Wildman–Crippen MR) is 98.7 cm³/mol. The zero-order valence-electron chi connectivity index (χ0n) is 14.8. The monoisotopic (exact) mass is 369 g/mol. The zero-order chi connectivity index (χ0) is 19.4. The second-order valence-corrected chi connectivity index (χ2v) is 6.28. The number of carbonyl (C=O) groups is 2. The Labute approximate surface area is 155 Å². The summed E-state index contributed by atoms with van der Waals surface area (Å²) in [5.74, 6) is 0.0178. The van der Waals surface area contributed by atoms with E-state index in [1.54, 1.807) is 37.3 Å².